The zero-order chi connectivity index (χ0) is 12.6. The van der Waals surface area contributed by atoms with E-state index in [1.165, 1.54) is 0 Å². The van der Waals surface area contributed by atoms with E-state index in [4.69, 9.17) is 5.11 Å². The number of aromatic carboxylic acids is 1. The van der Waals surface area contributed by atoms with Crippen LogP contribution in [0.1, 0.15) is 16.9 Å². The van der Waals surface area contributed by atoms with Crippen LogP contribution in [0.2, 0.25) is 0 Å². The molecule has 1 unspecified atom stereocenters. The molecule has 2 rings (SSSR count). The number of aromatic amines is 1. The van der Waals surface area contributed by atoms with Gasteiger partial charge >= 0.3 is 5.97 Å². The molecule has 2 heterocycles. The quantitative estimate of drug-likeness (QED) is 0.676. The summed E-state index contributed by atoms with van der Waals surface area (Å²) in [5, 5.41) is 18.0. The van der Waals surface area contributed by atoms with Crippen LogP contribution in [0.15, 0.2) is 17.2 Å². The van der Waals surface area contributed by atoms with Gasteiger partial charge in [-0.3, -0.25) is 0 Å². The van der Waals surface area contributed by atoms with Gasteiger partial charge in [0.2, 0.25) is 10.0 Å². The van der Waals surface area contributed by atoms with Crippen molar-refractivity contribution in [3.8, 4) is 0 Å². The topological polar surface area (TPSA) is 111 Å². The number of nitrogens with zero attached hydrogens (tertiary/aromatic N) is 1. The van der Waals surface area contributed by atoms with Crippen LogP contribution in [0.4, 0.5) is 0 Å². The SMILES string of the molecule is O=C(O)c1cc(S(=O)(=O)N2CCC(O)C2)c[nH]1. The van der Waals surface area contributed by atoms with Crippen molar-refractivity contribution in [2.75, 3.05) is 13.1 Å². The number of carboxylic acids is 1. The molecule has 0 spiro atoms. The van der Waals surface area contributed by atoms with Crippen molar-refractivity contribution in [3.63, 3.8) is 0 Å². The van der Waals surface area contributed by atoms with Gasteiger partial charge in [0.1, 0.15) is 10.6 Å². The van der Waals surface area contributed by atoms with Gasteiger partial charge in [0.25, 0.3) is 0 Å². The van der Waals surface area contributed by atoms with E-state index in [-0.39, 0.29) is 23.7 Å². The molecule has 1 saturated heterocycles. The van der Waals surface area contributed by atoms with Gasteiger partial charge in [-0.25, -0.2) is 13.2 Å². The summed E-state index contributed by atoms with van der Waals surface area (Å²) >= 11 is 0. The van der Waals surface area contributed by atoms with Crippen LogP contribution in [0.3, 0.4) is 0 Å². The molecule has 0 radical (unpaired) electrons. The van der Waals surface area contributed by atoms with Gasteiger partial charge < -0.3 is 15.2 Å². The predicted molar refractivity (Wildman–Crippen MR) is 57.1 cm³/mol. The van der Waals surface area contributed by atoms with Crippen LogP contribution in [-0.4, -0.2) is 53.1 Å². The summed E-state index contributed by atoms with van der Waals surface area (Å²) < 4.78 is 25.2. The Balaban J connectivity index is 2.28. The van der Waals surface area contributed by atoms with E-state index in [0.29, 0.717) is 6.42 Å². The van der Waals surface area contributed by atoms with E-state index < -0.39 is 22.1 Å². The van der Waals surface area contributed by atoms with E-state index in [2.05, 4.69) is 4.98 Å². The molecule has 94 valence electrons. The van der Waals surface area contributed by atoms with Crippen LogP contribution in [0.5, 0.6) is 0 Å². The van der Waals surface area contributed by atoms with Gasteiger partial charge in [0, 0.05) is 19.3 Å². The minimum Gasteiger partial charge on any atom is -0.477 e. The van der Waals surface area contributed by atoms with Gasteiger partial charge in [-0.05, 0) is 12.5 Å². The second-order valence-electron chi connectivity index (χ2n) is 3.86. The molecule has 1 atom stereocenters. The van der Waals surface area contributed by atoms with Crippen molar-refractivity contribution in [1.29, 1.82) is 0 Å². The second-order valence-corrected chi connectivity index (χ2v) is 5.80. The van der Waals surface area contributed by atoms with Crippen LogP contribution < -0.4 is 0 Å². The summed E-state index contributed by atoms with van der Waals surface area (Å²) in [5.41, 5.74) is -0.177. The summed E-state index contributed by atoms with van der Waals surface area (Å²) in [6, 6.07) is 1.07. The van der Waals surface area contributed by atoms with Gasteiger partial charge in [-0.1, -0.05) is 0 Å². The monoisotopic (exact) mass is 260 g/mol. The smallest absolute Gasteiger partial charge is 0.352 e. The van der Waals surface area contributed by atoms with Crippen molar-refractivity contribution in [2.45, 2.75) is 17.4 Å². The average Bonchev–Trinajstić information content (AvgIpc) is 2.85. The maximum absolute atomic E-state index is 12.0. The molecular weight excluding hydrogens is 248 g/mol. The molecule has 0 aliphatic carbocycles. The van der Waals surface area contributed by atoms with Crippen molar-refractivity contribution in [1.82, 2.24) is 9.29 Å². The van der Waals surface area contributed by atoms with E-state index >= 15 is 0 Å². The molecule has 1 aliphatic rings. The zero-order valence-corrected chi connectivity index (χ0v) is 9.64. The van der Waals surface area contributed by atoms with E-state index in [1.807, 2.05) is 0 Å². The third-order valence-electron chi connectivity index (χ3n) is 2.65. The number of aliphatic hydroxyl groups excluding tert-OH is 1. The Hall–Kier alpha value is -1.38. The molecule has 1 fully saturated rings. The number of sulfonamides is 1. The van der Waals surface area contributed by atoms with Crippen LogP contribution in [0, 0.1) is 0 Å². The lowest BCUT2D eigenvalue weighted by Gasteiger charge is -2.13. The Bertz CT molecular complexity index is 535. The molecule has 0 amide bonds. The molecule has 0 saturated carbocycles. The lowest BCUT2D eigenvalue weighted by atomic mass is 10.3. The highest BCUT2D eigenvalue weighted by Gasteiger charge is 2.32. The number of hydrogen-bond donors (Lipinski definition) is 3. The summed E-state index contributed by atoms with van der Waals surface area (Å²) in [6.07, 6.45) is 0.890. The first kappa shape index (κ1) is 12.1. The highest BCUT2D eigenvalue weighted by Crippen LogP contribution is 2.21. The maximum atomic E-state index is 12.0. The van der Waals surface area contributed by atoms with Crippen molar-refractivity contribution in [3.05, 3.63) is 18.0 Å². The fourth-order valence-corrected chi connectivity index (χ4v) is 3.21. The van der Waals surface area contributed by atoms with Gasteiger partial charge in [-0.2, -0.15) is 4.31 Å². The van der Waals surface area contributed by atoms with Crippen molar-refractivity contribution >= 4 is 16.0 Å². The molecule has 7 nitrogen and oxygen atoms in total. The first-order valence-electron chi connectivity index (χ1n) is 5.01. The summed E-state index contributed by atoms with van der Waals surface area (Å²) in [6.45, 7) is 0.299. The summed E-state index contributed by atoms with van der Waals surface area (Å²) in [5.74, 6) is -1.21. The number of carbonyl (C=O) groups is 1. The Labute approximate surface area is 97.7 Å². The van der Waals surface area contributed by atoms with Gasteiger partial charge in [0.15, 0.2) is 0 Å². The number of β-amino-alcohol motifs (C(OH)–C–C–N with tert-alkyl or cyclic N) is 1. The maximum Gasteiger partial charge on any atom is 0.352 e. The lowest BCUT2D eigenvalue weighted by molar-refractivity contribution is 0.0691. The molecular formula is C9H12N2O5S. The highest BCUT2D eigenvalue weighted by molar-refractivity contribution is 7.89. The number of aromatic nitrogens is 1. The number of nitrogens with one attached hydrogen (secondary N) is 1. The third-order valence-corrected chi connectivity index (χ3v) is 4.49. The van der Waals surface area contributed by atoms with Crippen molar-refractivity contribution < 1.29 is 23.4 Å². The number of H-pyrrole nitrogens is 1. The van der Waals surface area contributed by atoms with Gasteiger partial charge in [0.05, 0.1) is 6.10 Å². The average molecular weight is 260 g/mol. The van der Waals surface area contributed by atoms with Crippen molar-refractivity contribution in [2.24, 2.45) is 0 Å². The fraction of sp³-hybridized carbons (Fsp3) is 0.444. The normalized spacial score (nSPS) is 21.8. The number of carboxylic acid groups (broad SMARTS) is 1. The van der Waals surface area contributed by atoms with E-state index in [1.54, 1.807) is 0 Å². The first-order valence-corrected chi connectivity index (χ1v) is 6.45. The Morgan fingerprint density at radius 1 is 1.53 bits per heavy atom. The second kappa shape index (κ2) is 4.13. The number of hydrogen-bond acceptors (Lipinski definition) is 4. The zero-order valence-electron chi connectivity index (χ0n) is 8.83. The molecule has 1 aliphatic heterocycles. The Kier molecular flexibility index (Phi) is 2.94. The highest BCUT2D eigenvalue weighted by atomic mass is 32.2. The fourth-order valence-electron chi connectivity index (χ4n) is 1.72. The lowest BCUT2D eigenvalue weighted by Crippen LogP contribution is -2.29. The Morgan fingerprint density at radius 3 is 2.71 bits per heavy atom. The summed E-state index contributed by atoms with van der Waals surface area (Å²) in [7, 11) is -3.71. The first-order chi connectivity index (χ1) is 7.91. The largest absolute Gasteiger partial charge is 0.477 e. The summed E-state index contributed by atoms with van der Waals surface area (Å²) in [4.78, 5) is 12.9. The number of rotatable bonds is 3. The van der Waals surface area contributed by atoms with Gasteiger partial charge in [-0.15, -0.1) is 0 Å². The third kappa shape index (κ3) is 2.19. The standard InChI is InChI=1S/C9H12N2O5S/c12-6-1-2-11(5-6)17(15,16)7-3-8(9(13)14)10-4-7/h3-4,6,10,12H,1-2,5H2,(H,13,14). The number of aliphatic hydroxyl groups is 1. The van der Waals surface area contributed by atoms with E-state index in [0.717, 1.165) is 16.6 Å². The Morgan fingerprint density at radius 2 is 2.24 bits per heavy atom. The molecule has 0 aromatic carbocycles. The van der Waals surface area contributed by atoms with E-state index in [9.17, 15) is 18.3 Å². The van der Waals surface area contributed by atoms with Crippen LogP contribution in [0.25, 0.3) is 0 Å². The molecule has 8 heteroatoms. The van der Waals surface area contributed by atoms with Crippen LogP contribution in [-0.2, 0) is 10.0 Å². The minimum absolute atomic E-state index is 0.0515. The minimum atomic E-state index is -3.71. The molecule has 3 N–H and O–H groups in total. The predicted octanol–water partition coefficient (Wildman–Crippen LogP) is -0.532. The molecule has 0 bridgehead atoms. The molecule has 17 heavy (non-hydrogen) atoms. The van der Waals surface area contributed by atoms with Crippen LogP contribution >= 0.6 is 0 Å². The molecule has 1 aromatic rings. The molecule has 1 aromatic heterocycles.